The van der Waals surface area contributed by atoms with Gasteiger partial charge in [-0.2, -0.15) is 4.98 Å². The highest BCUT2D eigenvalue weighted by Gasteiger charge is 2.00. The number of halogens is 2. The van der Waals surface area contributed by atoms with Gasteiger partial charge in [0.1, 0.15) is 11.8 Å². The van der Waals surface area contributed by atoms with Crippen molar-refractivity contribution in [1.82, 2.24) is 9.97 Å². The standard InChI is InChI=1S/C8H8Cl2N2O/c1-2-3-4-13-7-5-6(9)11-8(10)12-7/h2-3,5H,4H2,1H3/b3-2+. The van der Waals surface area contributed by atoms with Crippen molar-refractivity contribution in [3.8, 4) is 5.88 Å². The van der Waals surface area contributed by atoms with Crippen molar-refractivity contribution in [2.45, 2.75) is 6.92 Å². The minimum absolute atomic E-state index is 0.0861. The Morgan fingerprint density at radius 2 is 2.23 bits per heavy atom. The van der Waals surface area contributed by atoms with Gasteiger partial charge in [-0.25, -0.2) is 4.98 Å². The summed E-state index contributed by atoms with van der Waals surface area (Å²) in [6.07, 6.45) is 3.73. The van der Waals surface area contributed by atoms with Gasteiger partial charge in [-0.3, -0.25) is 0 Å². The molecule has 0 radical (unpaired) electrons. The lowest BCUT2D eigenvalue weighted by atomic mass is 10.5. The summed E-state index contributed by atoms with van der Waals surface area (Å²) >= 11 is 11.2. The quantitative estimate of drug-likeness (QED) is 0.445. The van der Waals surface area contributed by atoms with Crippen molar-refractivity contribution in [1.29, 1.82) is 0 Å². The molecule has 13 heavy (non-hydrogen) atoms. The number of aromatic nitrogens is 2. The molecule has 0 unspecified atom stereocenters. The maximum atomic E-state index is 5.63. The van der Waals surface area contributed by atoms with E-state index in [0.717, 1.165) is 0 Å². The summed E-state index contributed by atoms with van der Waals surface area (Å²) in [5.41, 5.74) is 0. The maximum absolute atomic E-state index is 5.63. The van der Waals surface area contributed by atoms with Gasteiger partial charge >= 0.3 is 0 Å². The van der Waals surface area contributed by atoms with Gasteiger partial charge in [0.2, 0.25) is 11.2 Å². The number of rotatable bonds is 3. The fourth-order valence-electron chi connectivity index (χ4n) is 0.674. The minimum Gasteiger partial charge on any atom is -0.473 e. The van der Waals surface area contributed by atoms with Crippen LogP contribution >= 0.6 is 23.2 Å². The zero-order valence-electron chi connectivity index (χ0n) is 7.00. The third-order valence-electron chi connectivity index (χ3n) is 1.21. The van der Waals surface area contributed by atoms with Gasteiger partial charge in [0.05, 0.1) is 0 Å². The molecule has 1 aromatic heterocycles. The Bertz CT molecular complexity index is 295. The lowest BCUT2D eigenvalue weighted by Gasteiger charge is -2.01. The fourth-order valence-corrected chi connectivity index (χ4v) is 1.07. The molecule has 0 fully saturated rings. The molecule has 0 aliphatic heterocycles. The van der Waals surface area contributed by atoms with Crippen molar-refractivity contribution in [3.63, 3.8) is 0 Å². The molecule has 70 valence electrons. The van der Waals surface area contributed by atoms with E-state index >= 15 is 0 Å². The fraction of sp³-hybridized carbons (Fsp3) is 0.250. The van der Waals surface area contributed by atoms with Crippen LogP contribution in [0.4, 0.5) is 0 Å². The minimum atomic E-state index is 0.0861. The van der Waals surface area contributed by atoms with Crippen LogP contribution in [0.3, 0.4) is 0 Å². The van der Waals surface area contributed by atoms with Gasteiger partial charge in [-0.05, 0) is 18.5 Å². The Labute approximate surface area is 86.4 Å². The first kappa shape index (κ1) is 10.3. The Balaban J connectivity index is 2.66. The Kier molecular flexibility index (Phi) is 3.99. The van der Waals surface area contributed by atoms with Gasteiger partial charge < -0.3 is 4.74 Å². The molecular formula is C8H8Cl2N2O. The van der Waals surface area contributed by atoms with E-state index in [0.29, 0.717) is 12.5 Å². The van der Waals surface area contributed by atoms with Gasteiger partial charge in [0.15, 0.2) is 0 Å². The number of hydrogen-bond acceptors (Lipinski definition) is 3. The molecule has 1 heterocycles. The third kappa shape index (κ3) is 3.61. The van der Waals surface area contributed by atoms with Crippen LogP contribution in [0.15, 0.2) is 18.2 Å². The highest BCUT2D eigenvalue weighted by atomic mass is 35.5. The first-order valence-electron chi connectivity index (χ1n) is 3.66. The second-order valence-electron chi connectivity index (χ2n) is 2.18. The van der Waals surface area contributed by atoms with Crippen molar-refractivity contribution < 1.29 is 4.74 Å². The van der Waals surface area contributed by atoms with Crippen molar-refractivity contribution >= 4 is 23.2 Å². The zero-order chi connectivity index (χ0) is 9.68. The number of nitrogens with zero attached hydrogens (tertiary/aromatic N) is 2. The first-order chi connectivity index (χ1) is 6.22. The molecule has 0 atom stereocenters. The molecule has 1 rings (SSSR count). The number of hydrogen-bond donors (Lipinski definition) is 0. The highest BCUT2D eigenvalue weighted by molar-refractivity contribution is 6.31. The molecule has 5 heteroatoms. The molecule has 0 N–H and O–H groups in total. The Morgan fingerprint density at radius 3 is 2.85 bits per heavy atom. The summed E-state index contributed by atoms with van der Waals surface area (Å²) in [7, 11) is 0. The van der Waals surface area contributed by atoms with Crippen LogP contribution in [0.1, 0.15) is 6.92 Å². The molecule has 0 aliphatic rings. The lowest BCUT2D eigenvalue weighted by molar-refractivity contribution is 0.347. The SMILES string of the molecule is C/C=C/COc1cc(Cl)nc(Cl)n1. The average Bonchev–Trinajstić information content (AvgIpc) is 2.03. The van der Waals surface area contributed by atoms with Crippen molar-refractivity contribution in [2.75, 3.05) is 6.61 Å². The molecule has 0 aromatic carbocycles. The van der Waals surface area contributed by atoms with Gasteiger partial charge in [-0.1, -0.05) is 23.8 Å². The summed E-state index contributed by atoms with van der Waals surface area (Å²) < 4.78 is 5.20. The van der Waals surface area contributed by atoms with Crippen LogP contribution in [0.25, 0.3) is 0 Å². The topological polar surface area (TPSA) is 35.0 Å². The first-order valence-corrected chi connectivity index (χ1v) is 4.42. The van der Waals surface area contributed by atoms with E-state index in [1.165, 1.54) is 6.07 Å². The second kappa shape index (κ2) is 5.04. The molecule has 1 aromatic rings. The normalized spacial score (nSPS) is 10.7. The zero-order valence-corrected chi connectivity index (χ0v) is 8.51. The Hall–Kier alpha value is -0.800. The van der Waals surface area contributed by atoms with Crippen LogP contribution < -0.4 is 4.74 Å². The molecule has 0 bridgehead atoms. The van der Waals surface area contributed by atoms with Crippen molar-refractivity contribution in [3.05, 3.63) is 28.7 Å². The van der Waals surface area contributed by atoms with E-state index in [4.69, 9.17) is 27.9 Å². The smallest absolute Gasteiger partial charge is 0.227 e. The predicted molar refractivity (Wildman–Crippen MR) is 52.4 cm³/mol. The maximum Gasteiger partial charge on any atom is 0.227 e. The monoisotopic (exact) mass is 218 g/mol. The van der Waals surface area contributed by atoms with E-state index in [1.807, 2.05) is 19.1 Å². The van der Waals surface area contributed by atoms with E-state index < -0.39 is 0 Å². The summed E-state index contributed by atoms with van der Waals surface area (Å²) in [5, 5.41) is 0.360. The van der Waals surface area contributed by atoms with E-state index in [-0.39, 0.29) is 10.4 Å². The van der Waals surface area contributed by atoms with Gasteiger partial charge in [-0.15, -0.1) is 0 Å². The van der Waals surface area contributed by atoms with Crippen LogP contribution in [-0.4, -0.2) is 16.6 Å². The van der Waals surface area contributed by atoms with Crippen molar-refractivity contribution in [2.24, 2.45) is 0 Å². The summed E-state index contributed by atoms with van der Waals surface area (Å²) in [5.74, 6) is 0.378. The molecule has 0 saturated carbocycles. The lowest BCUT2D eigenvalue weighted by Crippen LogP contribution is -1.96. The van der Waals surface area contributed by atoms with Crippen LogP contribution in [0.5, 0.6) is 5.88 Å². The molecule has 0 spiro atoms. The Morgan fingerprint density at radius 1 is 1.46 bits per heavy atom. The second-order valence-corrected chi connectivity index (χ2v) is 2.90. The molecule has 0 saturated heterocycles. The van der Waals surface area contributed by atoms with Gasteiger partial charge in [0.25, 0.3) is 0 Å². The van der Waals surface area contributed by atoms with E-state index in [1.54, 1.807) is 0 Å². The number of ether oxygens (including phenoxy) is 1. The molecule has 0 amide bonds. The summed E-state index contributed by atoms with van der Waals surface area (Å²) in [6, 6.07) is 1.51. The largest absolute Gasteiger partial charge is 0.473 e. The summed E-state index contributed by atoms with van der Waals surface area (Å²) in [4.78, 5) is 7.50. The third-order valence-corrected chi connectivity index (χ3v) is 1.57. The van der Waals surface area contributed by atoms with E-state index in [2.05, 4.69) is 9.97 Å². The summed E-state index contributed by atoms with van der Waals surface area (Å²) in [6.45, 7) is 2.35. The van der Waals surface area contributed by atoms with Crippen LogP contribution in [0, 0.1) is 0 Å². The van der Waals surface area contributed by atoms with Crippen LogP contribution in [-0.2, 0) is 0 Å². The molecule has 3 nitrogen and oxygen atoms in total. The number of allylic oxidation sites excluding steroid dienone is 1. The van der Waals surface area contributed by atoms with Crippen LogP contribution in [0.2, 0.25) is 10.4 Å². The highest BCUT2D eigenvalue weighted by Crippen LogP contribution is 2.15. The van der Waals surface area contributed by atoms with E-state index in [9.17, 15) is 0 Å². The van der Waals surface area contributed by atoms with Gasteiger partial charge in [0, 0.05) is 6.07 Å². The average molecular weight is 219 g/mol. The molecule has 0 aliphatic carbocycles. The molecular weight excluding hydrogens is 211 g/mol. The predicted octanol–water partition coefficient (Wildman–Crippen LogP) is 2.74.